The molecule has 1 aromatic heterocycles. The smallest absolute Gasteiger partial charge is 0.417 e. The first kappa shape index (κ1) is 15.7. The van der Waals surface area contributed by atoms with Gasteiger partial charge < -0.3 is 10.1 Å². The van der Waals surface area contributed by atoms with Crippen molar-refractivity contribution in [1.29, 1.82) is 0 Å². The van der Waals surface area contributed by atoms with Crippen molar-refractivity contribution in [3.8, 4) is 0 Å². The molecule has 0 unspecified atom stereocenters. The molecule has 0 radical (unpaired) electrons. The van der Waals surface area contributed by atoms with Gasteiger partial charge in [-0.2, -0.15) is 0 Å². The second-order valence-electron chi connectivity index (χ2n) is 5.21. The predicted octanol–water partition coefficient (Wildman–Crippen LogP) is 1.53. The lowest BCUT2D eigenvalue weighted by molar-refractivity contribution is -0.126. The average molecular weight is 325 g/mol. The van der Waals surface area contributed by atoms with Crippen LogP contribution < -0.4 is 5.32 Å². The molecular formula is C17H15N3O4. The molecule has 1 fully saturated rings. The molecule has 0 bridgehead atoms. The van der Waals surface area contributed by atoms with E-state index in [-0.39, 0.29) is 24.8 Å². The van der Waals surface area contributed by atoms with Gasteiger partial charge in [0.05, 0.1) is 12.6 Å². The molecule has 0 spiro atoms. The van der Waals surface area contributed by atoms with Gasteiger partial charge in [-0.25, -0.2) is 9.69 Å². The molecule has 1 atom stereocenters. The fourth-order valence-electron chi connectivity index (χ4n) is 2.39. The Kier molecular flexibility index (Phi) is 4.51. The van der Waals surface area contributed by atoms with E-state index in [9.17, 15) is 14.4 Å². The number of carbonyl (C=O) groups is 3. The topological polar surface area (TPSA) is 88.6 Å². The second kappa shape index (κ2) is 6.91. The molecule has 2 aromatic rings. The van der Waals surface area contributed by atoms with E-state index in [2.05, 4.69) is 10.3 Å². The Labute approximate surface area is 138 Å². The molecule has 24 heavy (non-hydrogen) atoms. The Morgan fingerprint density at radius 1 is 1.17 bits per heavy atom. The summed E-state index contributed by atoms with van der Waals surface area (Å²) in [4.78, 5) is 40.8. The van der Waals surface area contributed by atoms with Crippen molar-refractivity contribution in [3.05, 3.63) is 66.0 Å². The average Bonchev–Trinajstić information content (AvgIpc) is 2.94. The first-order valence-electron chi connectivity index (χ1n) is 7.39. The third-order valence-electron chi connectivity index (χ3n) is 3.61. The van der Waals surface area contributed by atoms with Crippen LogP contribution in [0.4, 0.5) is 4.79 Å². The van der Waals surface area contributed by atoms with Crippen LogP contribution in [0, 0.1) is 0 Å². The maximum absolute atomic E-state index is 12.4. The van der Waals surface area contributed by atoms with Crippen LogP contribution >= 0.6 is 0 Å². The summed E-state index contributed by atoms with van der Waals surface area (Å²) in [5.74, 6) is -0.808. The van der Waals surface area contributed by atoms with Gasteiger partial charge in [0.1, 0.15) is 5.69 Å². The summed E-state index contributed by atoms with van der Waals surface area (Å²) in [7, 11) is 0. The quantitative estimate of drug-likeness (QED) is 0.900. The van der Waals surface area contributed by atoms with Crippen LogP contribution in [0.2, 0.25) is 0 Å². The van der Waals surface area contributed by atoms with Gasteiger partial charge in [-0.15, -0.1) is 0 Å². The maximum Gasteiger partial charge on any atom is 0.417 e. The van der Waals surface area contributed by atoms with Crippen molar-refractivity contribution in [1.82, 2.24) is 15.2 Å². The van der Waals surface area contributed by atoms with E-state index >= 15 is 0 Å². The first-order valence-corrected chi connectivity index (χ1v) is 7.39. The van der Waals surface area contributed by atoms with Crippen molar-refractivity contribution in [2.45, 2.75) is 6.04 Å². The third-order valence-corrected chi connectivity index (χ3v) is 3.61. The van der Waals surface area contributed by atoms with Crippen molar-refractivity contribution >= 4 is 17.9 Å². The van der Waals surface area contributed by atoms with Crippen LogP contribution in [-0.4, -0.2) is 40.9 Å². The molecule has 0 aliphatic carbocycles. The van der Waals surface area contributed by atoms with Crippen molar-refractivity contribution in [3.63, 3.8) is 0 Å². The lowest BCUT2D eigenvalue weighted by atomic mass is 10.1. The number of carbonyl (C=O) groups excluding carboxylic acids is 3. The van der Waals surface area contributed by atoms with E-state index < -0.39 is 18.0 Å². The van der Waals surface area contributed by atoms with Gasteiger partial charge >= 0.3 is 6.09 Å². The van der Waals surface area contributed by atoms with E-state index in [0.29, 0.717) is 0 Å². The molecule has 2 heterocycles. The Balaban J connectivity index is 1.81. The Morgan fingerprint density at radius 3 is 2.54 bits per heavy atom. The largest absolute Gasteiger partial charge is 0.439 e. The van der Waals surface area contributed by atoms with Crippen LogP contribution in [0.15, 0.2) is 54.7 Å². The summed E-state index contributed by atoms with van der Waals surface area (Å²) < 4.78 is 4.72. The third kappa shape index (κ3) is 3.40. The number of imide groups is 1. The minimum Gasteiger partial charge on any atom is -0.439 e. The summed E-state index contributed by atoms with van der Waals surface area (Å²) in [5.41, 5.74) is 1.03. The lowest BCUT2D eigenvalue weighted by Crippen LogP contribution is -2.40. The van der Waals surface area contributed by atoms with Gasteiger partial charge in [0.15, 0.2) is 6.61 Å². The summed E-state index contributed by atoms with van der Waals surface area (Å²) in [5, 5.41) is 2.81. The summed E-state index contributed by atoms with van der Waals surface area (Å²) in [6.07, 6.45) is 0.821. The highest BCUT2D eigenvalue weighted by atomic mass is 16.6. The van der Waals surface area contributed by atoms with Crippen molar-refractivity contribution in [2.24, 2.45) is 0 Å². The van der Waals surface area contributed by atoms with Crippen LogP contribution in [0.5, 0.6) is 0 Å². The molecule has 3 amide bonds. The first-order chi connectivity index (χ1) is 11.6. The fraction of sp³-hybridized carbons (Fsp3) is 0.176. The summed E-state index contributed by atoms with van der Waals surface area (Å²) in [6.45, 7) is -0.269. The number of pyridine rings is 1. The number of cyclic esters (lactones) is 1. The van der Waals surface area contributed by atoms with Crippen molar-refractivity contribution in [2.75, 3.05) is 13.2 Å². The SMILES string of the molecule is O=C(N[C@@H](CN1C(=O)COC1=O)c1ccccc1)c1ccccn1. The highest BCUT2D eigenvalue weighted by Gasteiger charge is 2.33. The zero-order valence-corrected chi connectivity index (χ0v) is 12.7. The molecule has 1 saturated heterocycles. The number of benzene rings is 1. The molecule has 1 aromatic carbocycles. The zero-order valence-electron chi connectivity index (χ0n) is 12.7. The Morgan fingerprint density at radius 2 is 1.92 bits per heavy atom. The number of ether oxygens (including phenoxy) is 1. The maximum atomic E-state index is 12.4. The molecule has 1 aliphatic heterocycles. The van der Waals surface area contributed by atoms with Gasteiger partial charge in [0.2, 0.25) is 0 Å². The standard InChI is InChI=1S/C17H15N3O4/c21-15-11-24-17(23)20(15)10-14(12-6-2-1-3-7-12)19-16(22)13-8-4-5-9-18-13/h1-9,14H,10-11H2,(H,19,22)/t14-/m0/s1. The number of nitrogens with one attached hydrogen (secondary N) is 1. The normalized spacial score (nSPS) is 15.1. The van der Waals surface area contributed by atoms with E-state index in [1.165, 1.54) is 6.20 Å². The lowest BCUT2D eigenvalue weighted by Gasteiger charge is -2.22. The van der Waals surface area contributed by atoms with Crippen LogP contribution in [-0.2, 0) is 9.53 Å². The molecule has 0 saturated carbocycles. The molecule has 122 valence electrons. The highest BCUT2D eigenvalue weighted by molar-refractivity contribution is 5.98. The van der Waals surface area contributed by atoms with Gasteiger partial charge in [-0.3, -0.25) is 14.6 Å². The summed E-state index contributed by atoms with van der Waals surface area (Å²) in [6, 6.07) is 13.6. The molecular weight excluding hydrogens is 310 g/mol. The molecule has 7 heteroatoms. The number of amides is 3. The van der Waals surface area contributed by atoms with Crippen molar-refractivity contribution < 1.29 is 19.1 Å². The molecule has 3 rings (SSSR count). The summed E-state index contributed by atoms with van der Waals surface area (Å²) >= 11 is 0. The minimum absolute atomic E-state index is 0.000252. The van der Waals surface area contributed by atoms with Gasteiger partial charge in [0.25, 0.3) is 11.8 Å². The van der Waals surface area contributed by atoms with Crippen LogP contribution in [0.3, 0.4) is 0 Å². The van der Waals surface area contributed by atoms with Crippen LogP contribution in [0.1, 0.15) is 22.1 Å². The van der Waals surface area contributed by atoms with E-state index in [1.54, 1.807) is 18.2 Å². The number of aromatic nitrogens is 1. The number of nitrogens with zero attached hydrogens (tertiary/aromatic N) is 2. The van der Waals surface area contributed by atoms with Gasteiger partial charge in [-0.1, -0.05) is 36.4 Å². The van der Waals surface area contributed by atoms with E-state index in [1.807, 2.05) is 30.3 Å². The number of hydrogen-bond acceptors (Lipinski definition) is 5. The van der Waals surface area contributed by atoms with Gasteiger partial charge in [-0.05, 0) is 17.7 Å². The monoisotopic (exact) mass is 325 g/mol. The molecule has 1 aliphatic rings. The van der Waals surface area contributed by atoms with E-state index in [0.717, 1.165) is 10.5 Å². The van der Waals surface area contributed by atoms with Crippen LogP contribution in [0.25, 0.3) is 0 Å². The zero-order chi connectivity index (χ0) is 16.9. The number of rotatable bonds is 5. The second-order valence-corrected chi connectivity index (χ2v) is 5.21. The highest BCUT2D eigenvalue weighted by Crippen LogP contribution is 2.18. The Hall–Kier alpha value is -3.22. The molecule has 1 N–H and O–H groups in total. The Bertz CT molecular complexity index is 733. The number of hydrogen-bond donors (Lipinski definition) is 1. The minimum atomic E-state index is -0.701. The van der Waals surface area contributed by atoms with Gasteiger partial charge in [0, 0.05) is 6.20 Å². The predicted molar refractivity (Wildman–Crippen MR) is 83.9 cm³/mol. The fourth-order valence-corrected chi connectivity index (χ4v) is 2.39. The molecule has 7 nitrogen and oxygen atoms in total. The van der Waals surface area contributed by atoms with E-state index in [4.69, 9.17) is 4.74 Å².